The van der Waals surface area contributed by atoms with Crippen LogP contribution < -0.4 is 0 Å². The predicted octanol–water partition coefficient (Wildman–Crippen LogP) is 4.55. The van der Waals surface area contributed by atoms with E-state index in [4.69, 9.17) is 4.74 Å². The van der Waals surface area contributed by atoms with Crippen molar-refractivity contribution in [1.29, 1.82) is 0 Å². The van der Waals surface area contributed by atoms with Crippen molar-refractivity contribution in [2.24, 2.45) is 5.92 Å². The van der Waals surface area contributed by atoms with Gasteiger partial charge in [-0.15, -0.1) is 0 Å². The molecule has 0 aliphatic heterocycles. The van der Waals surface area contributed by atoms with Gasteiger partial charge in [-0.25, -0.2) is 0 Å². The van der Waals surface area contributed by atoms with Crippen LogP contribution in [0.5, 0.6) is 0 Å². The first-order chi connectivity index (χ1) is 10.1. The molecule has 1 rings (SSSR count). The summed E-state index contributed by atoms with van der Waals surface area (Å²) in [6, 6.07) is 9.81. The molecule has 0 saturated heterocycles. The minimum Gasteiger partial charge on any atom is -0.449 e. The van der Waals surface area contributed by atoms with Crippen molar-refractivity contribution >= 4 is 5.97 Å². The molecule has 0 saturated carbocycles. The van der Waals surface area contributed by atoms with Gasteiger partial charge in [-0.2, -0.15) is 0 Å². The van der Waals surface area contributed by atoms with E-state index in [0.29, 0.717) is 5.92 Å². The second-order valence-electron chi connectivity index (χ2n) is 5.60. The highest BCUT2D eigenvalue weighted by atomic mass is 16.5. The molecule has 1 aromatic carbocycles. The lowest BCUT2D eigenvalue weighted by molar-refractivity contribution is -0.149. The Hall–Kier alpha value is -1.75. The molecule has 2 heteroatoms. The number of ether oxygens (including phenoxy) is 1. The molecule has 0 amide bonds. The van der Waals surface area contributed by atoms with E-state index in [2.05, 4.69) is 25.7 Å². The molecule has 114 valence electrons. The van der Waals surface area contributed by atoms with Crippen LogP contribution in [0.2, 0.25) is 0 Å². The van der Waals surface area contributed by atoms with Gasteiger partial charge in [0.05, 0.1) is 5.92 Å². The number of carbonyl (C=O) groups excluding carboxylic acids is 1. The number of hydrogen-bond acceptors (Lipinski definition) is 2. The van der Waals surface area contributed by atoms with Crippen LogP contribution in [0.3, 0.4) is 0 Å². The van der Waals surface area contributed by atoms with Gasteiger partial charge in [0.25, 0.3) is 0 Å². The van der Waals surface area contributed by atoms with Gasteiger partial charge in [0.1, 0.15) is 0 Å². The first kappa shape index (κ1) is 17.3. The highest BCUT2D eigenvalue weighted by Crippen LogP contribution is 2.22. The van der Waals surface area contributed by atoms with Crippen molar-refractivity contribution in [3.63, 3.8) is 0 Å². The summed E-state index contributed by atoms with van der Waals surface area (Å²) in [7, 11) is 0. The van der Waals surface area contributed by atoms with E-state index in [0.717, 1.165) is 24.8 Å². The van der Waals surface area contributed by atoms with Gasteiger partial charge in [0.2, 0.25) is 0 Å². The molecule has 0 fully saturated rings. The monoisotopic (exact) mass is 286 g/mol. The van der Waals surface area contributed by atoms with E-state index < -0.39 is 0 Å². The van der Waals surface area contributed by atoms with Crippen LogP contribution in [0.15, 0.2) is 30.3 Å². The largest absolute Gasteiger partial charge is 0.449 e. The zero-order chi connectivity index (χ0) is 15.7. The lowest BCUT2D eigenvalue weighted by Crippen LogP contribution is -2.23. The molecular formula is C19H26O2. The van der Waals surface area contributed by atoms with Gasteiger partial charge in [-0.3, -0.25) is 4.79 Å². The highest BCUT2D eigenvalue weighted by Gasteiger charge is 2.23. The molecule has 0 aliphatic carbocycles. The van der Waals surface area contributed by atoms with Crippen LogP contribution in [-0.4, -0.2) is 12.1 Å². The first-order valence-corrected chi connectivity index (χ1v) is 7.82. The molecule has 2 atom stereocenters. The Balaban J connectivity index is 2.79. The van der Waals surface area contributed by atoms with E-state index >= 15 is 0 Å². The van der Waals surface area contributed by atoms with Gasteiger partial charge in [0.15, 0.2) is 6.10 Å². The van der Waals surface area contributed by atoms with Crippen molar-refractivity contribution in [3.8, 4) is 11.8 Å². The second-order valence-corrected chi connectivity index (χ2v) is 5.60. The van der Waals surface area contributed by atoms with Crippen molar-refractivity contribution in [2.45, 2.75) is 59.0 Å². The van der Waals surface area contributed by atoms with E-state index in [9.17, 15) is 4.79 Å². The normalized spacial score (nSPS) is 13.2. The van der Waals surface area contributed by atoms with Crippen molar-refractivity contribution in [2.75, 3.05) is 0 Å². The van der Waals surface area contributed by atoms with E-state index in [-0.39, 0.29) is 18.0 Å². The average molecular weight is 286 g/mol. The Morgan fingerprint density at radius 1 is 1.19 bits per heavy atom. The van der Waals surface area contributed by atoms with Crippen molar-refractivity contribution in [3.05, 3.63) is 35.9 Å². The summed E-state index contributed by atoms with van der Waals surface area (Å²) in [6.45, 7) is 8.24. The molecule has 0 aliphatic rings. The summed E-state index contributed by atoms with van der Waals surface area (Å²) in [6.07, 6.45) is 2.00. The third-order valence-electron chi connectivity index (χ3n) is 3.28. The Kier molecular flexibility index (Phi) is 7.61. The highest BCUT2D eigenvalue weighted by molar-refractivity contribution is 5.78. The van der Waals surface area contributed by atoms with Gasteiger partial charge in [0, 0.05) is 6.42 Å². The van der Waals surface area contributed by atoms with Crippen LogP contribution >= 0.6 is 0 Å². The molecule has 0 heterocycles. The predicted molar refractivity (Wildman–Crippen MR) is 86.9 cm³/mol. The van der Waals surface area contributed by atoms with E-state index in [1.54, 1.807) is 0 Å². The second kappa shape index (κ2) is 9.23. The molecule has 0 spiro atoms. The Morgan fingerprint density at radius 2 is 1.86 bits per heavy atom. The van der Waals surface area contributed by atoms with E-state index in [1.807, 2.05) is 44.2 Å². The molecular weight excluding hydrogens is 260 g/mol. The van der Waals surface area contributed by atoms with Gasteiger partial charge >= 0.3 is 5.97 Å². The Morgan fingerprint density at radius 3 is 2.38 bits per heavy atom. The average Bonchev–Trinajstić information content (AvgIpc) is 2.46. The van der Waals surface area contributed by atoms with Gasteiger partial charge < -0.3 is 4.74 Å². The summed E-state index contributed by atoms with van der Waals surface area (Å²) in [5.41, 5.74) is 1.01. The number of esters is 1. The number of carbonyl (C=O) groups is 1. The first-order valence-electron chi connectivity index (χ1n) is 7.82. The van der Waals surface area contributed by atoms with Crippen LogP contribution in [0.4, 0.5) is 0 Å². The maximum atomic E-state index is 12.4. The molecule has 2 nitrogen and oxygen atoms in total. The fourth-order valence-electron chi connectivity index (χ4n) is 2.23. The third-order valence-corrected chi connectivity index (χ3v) is 3.28. The Labute approximate surface area is 128 Å². The van der Waals surface area contributed by atoms with Crippen LogP contribution in [0.25, 0.3) is 0 Å². The lowest BCUT2D eigenvalue weighted by atomic mass is 9.96. The van der Waals surface area contributed by atoms with Gasteiger partial charge in [-0.05, 0) is 24.3 Å². The lowest BCUT2D eigenvalue weighted by Gasteiger charge is -2.19. The zero-order valence-electron chi connectivity index (χ0n) is 13.6. The molecule has 0 radical (unpaired) electrons. The quantitative estimate of drug-likeness (QED) is 0.566. The molecule has 0 N–H and O–H groups in total. The van der Waals surface area contributed by atoms with Crippen LogP contribution in [0.1, 0.15) is 58.4 Å². The minimum atomic E-state index is -0.296. The standard InChI is InChI=1S/C19H26O2/c1-5-7-13-17(14-15(3)4)21-19(20)18(6-2)16-11-9-8-10-12-16/h8-12,15,17-18H,5-6,14H2,1-4H3. The van der Waals surface area contributed by atoms with E-state index in [1.165, 1.54) is 0 Å². The number of rotatable bonds is 6. The van der Waals surface area contributed by atoms with Crippen molar-refractivity contribution in [1.82, 2.24) is 0 Å². The Bertz CT molecular complexity index is 479. The van der Waals surface area contributed by atoms with Crippen LogP contribution in [-0.2, 0) is 9.53 Å². The fourth-order valence-corrected chi connectivity index (χ4v) is 2.23. The summed E-state index contributed by atoms with van der Waals surface area (Å²) < 4.78 is 5.66. The van der Waals surface area contributed by atoms with Crippen LogP contribution in [0, 0.1) is 17.8 Å². The molecule has 21 heavy (non-hydrogen) atoms. The zero-order valence-corrected chi connectivity index (χ0v) is 13.6. The fraction of sp³-hybridized carbons (Fsp3) is 0.526. The summed E-state index contributed by atoms with van der Waals surface area (Å²) in [5, 5.41) is 0. The summed E-state index contributed by atoms with van der Waals surface area (Å²) in [4.78, 5) is 12.4. The molecule has 2 unspecified atom stereocenters. The summed E-state index contributed by atoms with van der Waals surface area (Å²) >= 11 is 0. The molecule has 0 bridgehead atoms. The third kappa shape index (κ3) is 6.04. The minimum absolute atomic E-state index is 0.167. The number of hydrogen-bond donors (Lipinski definition) is 0. The van der Waals surface area contributed by atoms with Crippen molar-refractivity contribution < 1.29 is 9.53 Å². The maximum absolute atomic E-state index is 12.4. The smallest absolute Gasteiger partial charge is 0.314 e. The molecule has 0 aromatic heterocycles. The maximum Gasteiger partial charge on any atom is 0.314 e. The molecule has 1 aromatic rings. The topological polar surface area (TPSA) is 26.3 Å². The SMILES string of the molecule is CCC#CC(CC(C)C)OC(=O)C(CC)c1ccccc1. The number of benzene rings is 1. The van der Waals surface area contributed by atoms with Gasteiger partial charge in [-0.1, -0.05) is 69.9 Å². The summed E-state index contributed by atoms with van der Waals surface area (Å²) in [5.74, 6) is 6.18.